The van der Waals surface area contributed by atoms with Crippen molar-refractivity contribution in [3.63, 3.8) is 0 Å². The summed E-state index contributed by atoms with van der Waals surface area (Å²) >= 11 is 0. The number of rotatable bonds is 12. The highest BCUT2D eigenvalue weighted by atomic mass is 35.5. The van der Waals surface area contributed by atoms with Crippen molar-refractivity contribution in [1.82, 2.24) is 0 Å². The standard InChI is InChI=1S/C19H39N.ClH/c1-3-5-6-7-8-9-10-11-12-16-20-17-13-15-19(18-20)14-4-2;/h19H,3-18H2,1-2H3;1H. The van der Waals surface area contributed by atoms with Crippen LogP contribution in [0.1, 0.15) is 97.3 Å². The predicted molar refractivity (Wildman–Crippen MR) is 90.4 cm³/mol. The molecule has 1 aliphatic heterocycles. The molecular formula is C19H40ClN. The molecule has 1 nitrogen and oxygen atoms in total. The van der Waals surface area contributed by atoms with Crippen LogP contribution in [-0.4, -0.2) is 19.6 Å². The number of quaternary nitrogens is 1. The van der Waals surface area contributed by atoms with E-state index in [4.69, 9.17) is 0 Å². The maximum Gasteiger partial charge on any atom is 0.0799 e. The third kappa shape index (κ3) is 11.5. The molecule has 128 valence electrons. The van der Waals surface area contributed by atoms with Gasteiger partial charge in [0.2, 0.25) is 0 Å². The lowest BCUT2D eigenvalue weighted by molar-refractivity contribution is -0.909. The van der Waals surface area contributed by atoms with Gasteiger partial charge >= 0.3 is 0 Å². The second kappa shape index (κ2) is 15.2. The van der Waals surface area contributed by atoms with E-state index in [9.17, 15) is 0 Å². The Kier molecular flexibility index (Phi) is 15.3. The number of nitrogens with one attached hydrogen (secondary N) is 1. The molecule has 0 saturated carbocycles. The average molecular weight is 318 g/mol. The Morgan fingerprint density at radius 1 is 0.810 bits per heavy atom. The van der Waals surface area contributed by atoms with Crippen LogP contribution in [0, 0.1) is 5.92 Å². The third-order valence-electron chi connectivity index (χ3n) is 5.05. The number of hydrogen-bond acceptors (Lipinski definition) is 0. The smallest absolute Gasteiger partial charge is 0.0799 e. The first-order valence-corrected chi connectivity index (χ1v) is 9.70. The van der Waals surface area contributed by atoms with Crippen molar-refractivity contribution < 1.29 is 17.3 Å². The van der Waals surface area contributed by atoms with Crippen LogP contribution < -0.4 is 17.3 Å². The zero-order chi connectivity index (χ0) is 14.5. The van der Waals surface area contributed by atoms with E-state index in [1.54, 1.807) is 0 Å². The molecule has 2 unspecified atom stereocenters. The van der Waals surface area contributed by atoms with E-state index in [1.807, 2.05) is 4.90 Å². The first-order valence-electron chi connectivity index (χ1n) is 9.70. The Bertz CT molecular complexity index is 206. The van der Waals surface area contributed by atoms with Gasteiger partial charge in [0.05, 0.1) is 19.6 Å². The lowest BCUT2D eigenvalue weighted by Crippen LogP contribution is -3.13. The molecule has 1 rings (SSSR count). The molecule has 0 aromatic rings. The van der Waals surface area contributed by atoms with Gasteiger partial charge in [-0.3, -0.25) is 0 Å². The van der Waals surface area contributed by atoms with E-state index >= 15 is 0 Å². The van der Waals surface area contributed by atoms with Gasteiger partial charge in [-0.05, 0) is 32.1 Å². The topological polar surface area (TPSA) is 4.44 Å². The molecule has 2 heteroatoms. The lowest BCUT2D eigenvalue weighted by Gasteiger charge is -2.29. The summed E-state index contributed by atoms with van der Waals surface area (Å²) in [4.78, 5) is 1.91. The molecule has 0 spiro atoms. The van der Waals surface area contributed by atoms with Crippen molar-refractivity contribution in [2.45, 2.75) is 97.3 Å². The fraction of sp³-hybridized carbons (Fsp3) is 1.00. The summed E-state index contributed by atoms with van der Waals surface area (Å²) in [7, 11) is 0. The third-order valence-corrected chi connectivity index (χ3v) is 5.05. The number of hydrogen-bond donors (Lipinski definition) is 1. The fourth-order valence-electron chi connectivity index (χ4n) is 3.82. The molecule has 0 amide bonds. The molecule has 0 aromatic carbocycles. The van der Waals surface area contributed by atoms with Crippen LogP contribution in [0.25, 0.3) is 0 Å². The van der Waals surface area contributed by atoms with Crippen LogP contribution >= 0.6 is 0 Å². The Labute approximate surface area is 140 Å². The van der Waals surface area contributed by atoms with Gasteiger partial charge in [-0.25, -0.2) is 0 Å². The number of unbranched alkanes of at least 4 members (excludes halogenated alkanes) is 8. The molecule has 0 aliphatic carbocycles. The maximum atomic E-state index is 2.34. The molecule has 1 N–H and O–H groups in total. The van der Waals surface area contributed by atoms with Crippen molar-refractivity contribution in [2.24, 2.45) is 5.92 Å². The summed E-state index contributed by atoms with van der Waals surface area (Å²) < 4.78 is 0. The first kappa shape index (κ1) is 21.2. The van der Waals surface area contributed by atoms with E-state index in [1.165, 1.54) is 103 Å². The summed E-state index contributed by atoms with van der Waals surface area (Å²) in [5.41, 5.74) is 0. The second-order valence-electron chi connectivity index (χ2n) is 7.08. The summed E-state index contributed by atoms with van der Waals surface area (Å²) in [6.07, 6.45) is 19.0. The minimum Gasteiger partial charge on any atom is -1.00 e. The molecular weight excluding hydrogens is 278 g/mol. The van der Waals surface area contributed by atoms with Gasteiger partial charge in [0.15, 0.2) is 0 Å². The molecule has 0 radical (unpaired) electrons. The van der Waals surface area contributed by atoms with Gasteiger partial charge in [0.1, 0.15) is 0 Å². The second-order valence-corrected chi connectivity index (χ2v) is 7.08. The Morgan fingerprint density at radius 2 is 1.43 bits per heavy atom. The zero-order valence-electron chi connectivity index (χ0n) is 14.8. The van der Waals surface area contributed by atoms with Gasteiger partial charge < -0.3 is 17.3 Å². The van der Waals surface area contributed by atoms with E-state index < -0.39 is 0 Å². The van der Waals surface area contributed by atoms with E-state index in [-0.39, 0.29) is 12.4 Å². The minimum absolute atomic E-state index is 0. The number of likely N-dealkylation sites (tertiary alicyclic amines) is 1. The molecule has 1 saturated heterocycles. The van der Waals surface area contributed by atoms with Crippen LogP contribution in [0.3, 0.4) is 0 Å². The van der Waals surface area contributed by atoms with E-state index in [2.05, 4.69) is 13.8 Å². The summed E-state index contributed by atoms with van der Waals surface area (Å²) in [5, 5.41) is 0. The Morgan fingerprint density at radius 3 is 2.05 bits per heavy atom. The molecule has 1 aliphatic rings. The zero-order valence-corrected chi connectivity index (χ0v) is 15.5. The van der Waals surface area contributed by atoms with Crippen LogP contribution in [0.5, 0.6) is 0 Å². The highest BCUT2D eigenvalue weighted by Gasteiger charge is 2.21. The highest BCUT2D eigenvalue weighted by Crippen LogP contribution is 2.13. The minimum atomic E-state index is 0. The Balaban J connectivity index is 0.00000400. The van der Waals surface area contributed by atoms with Crippen LogP contribution in [0.4, 0.5) is 0 Å². The van der Waals surface area contributed by atoms with Gasteiger partial charge in [0, 0.05) is 5.92 Å². The van der Waals surface area contributed by atoms with Crippen molar-refractivity contribution in [3.05, 3.63) is 0 Å². The highest BCUT2D eigenvalue weighted by molar-refractivity contribution is 4.61. The van der Waals surface area contributed by atoms with Crippen molar-refractivity contribution in [3.8, 4) is 0 Å². The quantitative estimate of drug-likeness (QED) is 0.522. The predicted octanol–water partition coefficient (Wildman–Crippen LogP) is 1.62. The first-order chi connectivity index (χ1) is 9.86. The van der Waals surface area contributed by atoms with Gasteiger partial charge in [-0.1, -0.05) is 65.2 Å². The van der Waals surface area contributed by atoms with Crippen molar-refractivity contribution in [2.75, 3.05) is 19.6 Å². The largest absolute Gasteiger partial charge is 1.00 e. The van der Waals surface area contributed by atoms with Gasteiger partial charge in [-0.2, -0.15) is 0 Å². The molecule has 1 fully saturated rings. The SMILES string of the molecule is CCCCCCCCCCC[NH+]1CCCC(CCC)C1.[Cl-]. The fourth-order valence-corrected chi connectivity index (χ4v) is 3.82. The van der Waals surface area contributed by atoms with Crippen LogP contribution in [-0.2, 0) is 0 Å². The monoisotopic (exact) mass is 317 g/mol. The van der Waals surface area contributed by atoms with Crippen LogP contribution in [0.15, 0.2) is 0 Å². The maximum absolute atomic E-state index is 2.34. The van der Waals surface area contributed by atoms with Crippen LogP contribution in [0.2, 0.25) is 0 Å². The lowest BCUT2D eigenvalue weighted by atomic mass is 9.93. The summed E-state index contributed by atoms with van der Waals surface area (Å²) in [5.74, 6) is 1.04. The van der Waals surface area contributed by atoms with E-state index in [0.29, 0.717) is 0 Å². The number of piperidine rings is 1. The van der Waals surface area contributed by atoms with Gasteiger partial charge in [0.25, 0.3) is 0 Å². The molecule has 2 atom stereocenters. The number of halogens is 1. The normalized spacial score (nSPS) is 22.0. The molecule has 0 bridgehead atoms. The average Bonchev–Trinajstić information content (AvgIpc) is 2.46. The molecule has 1 heterocycles. The van der Waals surface area contributed by atoms with Crippen molar-refractivity contribution >= 4 is 0 Å². The Hall–Kier alpha value is 0.250. The molecule has 21 heavy (non-hydrogen) atoms. The summed E-state index contributed by atoms with van der Waals surface area (Å²) in [6.45, 7) is 9.03. The summed E-state index contributed by atoms with van der Waals surface area (Å²) in [6, 6.07) is 0. The van der Waals surface area contributed by atoms with E-state index in [0.717, 1.165) is 5.92 Å². The van der Waals surface area contributed by atoms with Gasteiger partial charge in [-0.15, -0.1) is 0 Å². The molecule has 0 aromatic heterocycles. The van der Waals surface area contributed by atoms with Crippen molar-refractivity contribution in [1.29, 1.82) is 0 Å².